The summed E-state index contributed by atoms with van der Waals surface area (Å²) in [5.74, 6) is -0.856. The Morgan fingerprint density at radius 2 is 1.88 bits per heavy atom. The second-order valence-corrected chi connectivity index (χ2v) is 5.72. The number of carbonyl (C=O) groups excluding carboxylic acids is 1. The molecule has 88 valence electrons. The van der Waals surface area contributed by atoms with E-state index in [1.54, 1.807) is 0 Å². The molecule has 4 heteroatoms. The third-order valence-electron chi connectivity index (χ3n) is 1.98. The fourth-order valence-electron chi connectivity index (χ4n) is 1.34. The molecule has 0 saturated carbocycles. The summed E-state index contributed by atoms with van der Waals surface area (Å²) in [5, 5.41) is 0.0257. The molecule has 1 aromatic rings. The number of hydrogen-bond acceptors (Lipinski definition) is 1. The molecule has 0 aliphatic carbocycles. The van der Waals surface area contributed by atoms with Crippen LogP contribution in [0.25, 0.3) is 0 Å². The van der Waals surface area contributed by atoms with E-state index in [1.807, 2.05) is 20.8 Å². The second kappa shape index (κ2) is 4.72. The highest BCUT2D eigenvalue weighted by Gasteiger charge is 2.21. The first-order valence-corrected chi connectivity index (χ1v) is 5.64. The van der Waals surface area contributed by atoms with Gasteiger partial charge in [-0.2, -0.15) is 0 Å². The van der Waals surface area contributed by atoms with Crippen LogP contribution in [-0.4, -0.2) is 5.78 Å². The number of hydrogen-bond donors (Lipinski definition) is 0. The van der Waals surface area contributed by atoms with Crippen molar-refractivity contribution in [1.82, 2.24) is 0 Å². The summed E-state index contributed by atoms with van der Waals surface area (Å²) in [5.41, 5.74) is -0.0132. The van der Waals surface area contributed by atoms with Crippen LogP contribution < -0.4 is 0 Å². The average molecular weight is 263 g/mol. The van der Waals surface area contributed by atoms with Gasteiger partial charge in [0.1, 0.15) is 5.82 Å². The maximum Gasteiger partial charge on any atom is 0.165 e. The number of halogens is 3. The molecule has 0 N–H and O–H groups in total. The normalized spacial score (nSPS) is 11.6. The Hall–Kier alpha value is -0.600. The van der Waals surface area contributed by atoms with Gasteiger partial charge in [-0.15, -0.1) is 0 Å². The molecular weight excluding hydrogens is 250 g/mol. The number of carbonyl (C=O) groups is 1. The third-order valence-corrected chi connectivity index (χ3v) is 2.59. The Morgan fingerprint density at radius 1 is 1.31 bits per heavy atom. The third kappa shape index (κ3) is 3.46. The van der Waals surface area contributed by atoms with Gasteiger partial charge in [-0.3, -0.25) is 4.79 Å². The van der Waals surface area contributed by atoms with E-state index >= 15 is 0 Å². The largest absolute Gasteiger partial charge is 0.294 e. The molecule has 0 amide bonds. The van der Waals surface area contributed by atoms with Gasteiger partial charge >= 0.3 is 0 Å². The first-order chi connectivity index (χ1) is 7.20. The van der Waals surface area contributed by atoms with Gasteiger partial charge < -0.3 is 0 Å². The van der Waals surface area contributed by atoms with E-state index in [-0.39, 0.29) is 26.8 Å². The molecular formula is C12H13Cl2FO. The van der Waals surface area contributed by atoms with Crippen molar-refractivity contribution in [3.8, 4) is 0 Å². The molecule has 0 unspecified atom stereocenters. The number of benzene rings is 1. The zero-order valence-corrected chi connectivity index (χ0v) is 10.9. The van der Waals surface area contributed by atoms with Gasteiger partial charge in [0.2, 0.25) is 0 Å². The molecule has 0 aliphatic rings. The van der Waals surface area contributed by atoms with E-state index in [0.717, 1.165) is 6.07 Å². The van der Waals surface area contributed by atoms with Gasteiger partial charge in [0.05, 0.1) is 5.02 Å². The molecule has 0 spiro atoms. The number of rotatable bonds is 2. The Balaban J connectivity index is 3.09. The lowest BCUT2D eigenvalue weighted by molar-refractivity contribution is 0.0939. The summed E-state index contributed by atoms with van der Waals surface area (Å²) >= 11 is 11.4. The van der Waals surface area contributed by atoms with Crippen LogP contribution in [0.1, 0.15) is 37.6 Å². The summed E-state index contributed by atoms with van der Waals surface area (Å²) in [6.07, 6.45) is 0.298. The minimum atomic E-state index is -0.661. The summed E-state index contributed by atoms with van der Waals surface area (Å²) in [7, 11) is 0. The van der Waals surface area contributed by atoms with Crippen molar-refractivity contribution >= 4 is 29.0 Å². The Bertz CT molecular complexity index is 422. The minimum Gasteiger partial charge on any atom is -0.294 e. The molecule has 0 bridgehead atoms. The van der Waals surface area contributed by atoms with Crippen molar-refractivity contribution in [3.63, 3.8) is 0 Å². The van der Waals surface area contributed by atoms with E-state index in [0.29, 0.717) is 6.42 Å². The molecule has 0 heterocycles. The van der Waals surface area contributed by atoms with Crippen LogP contribution in [-0.2, 0) is 0 Å². The first-order valence-electron chi connectivity index (χ1n) is 4.88. The number of ketones is 1. The van der Waals surface area contributed by atoms with Crippen LogP contribution in [0.15, 0.2) is 12.1 Å². The number of Topliss-reactive ketones (excluding diaryl/α,β-unsaturated/α-hetero) is 1. The zero-order chi connectivity index (χ0) is 12.5. The molecule has 1 nitrogen and oxygen atoms in total. The van der Waals surface area contributed by atoms with E-state index in [1.165, 1.54) is 6.07 Å². The summed E-state index contributed by atoms with van der Waals surface area (Å²) in [6, 6.07) is 2.50. The molecule has 0 aliphatic heterocycles. The quantitative estimate of drug-likeness (QED) is 0.555. The highest BCUT2D eigenvalue weighted by Crippen LogP contribution is 2.29. The van der Waals surface area contributed by atoms with E-state index in [4.69, 9.17) is 23.2 Å². The SMILES string of the molecule is CC(C)(C)CC(=O)c1cc(Cl)cc(F)c1Cl. The Labute approximate surface area is 105 Å². The average Bonchev–Trinajstić information content (AvgIpc) is 2.08. The lowest BCUT2D eigenvalue weighted by Gasteiger charge is -2.17. The van der Waals surface area contributed by atoms with E-state index < -0.39 is 5.82 Å². The topological polar surface area (TPSA) is 17.1 Å². The highest BCUT2D eigenvalue weighted by atomic mass is 35.5. The Morgan fingerprint density at radius 3 is 2.38 bits per heavy atom. The standard InChI is InChI=1S/C12H13Cl2FO/c1-12(2,3)6-10(16)8-4-7(13)5-9(15)11(8)14/h4-5H,6H2,1-3H3. The molecule has 0 saturated heterocycles. The van der Waals surface area contributed by atoms with Gasteiger partial charge in [0, 0.05) is 17.0 Å². The van der Waals surface area contributed by atoms with Crippen LogP contribution in [0.2, 0.25) is 10.0 Å². The highest BCUT2D eigenvalue weighted by molar-refractivity contribution is 6.36. The van der Waals surface area contributed by atoms with Gasteiger partial charge in [0.15, 0.2) is 5.78 Å². The predicted octanol–water partition coefficient (Wildman–Crippen LogP) is 4.75. The molecule has 0 fully saturated rings. The van der Waals surface area contributed by atoms with Crippen LogP contribution in [0.4, 0.5) is 4.39 Å². The first kappa shape index (κ1) is 13.5. The molecule has 16 heavy (non-hydrogen) atoms. The maximum absolute atomic E-state index is 13.3. The van der Waals surface area contributed by atoms with Crippen LogP contribution >= 0.6 is 23.2 Å². The van der Waals surface area contributed by atoms with Crippen molar-refractivity contribution < 1.29 is 9.18 Å². The van der Waals surface area contributed by atoms with Crippen LogP contribution in [0.5, 0.6) is 0 Å². The maximum atomic E-state index is 13.3. The van der Waals surface area contributed by atoms with Gasteiger partial charge in [-0.05, 0) is 17.5 Å². The predicted molar refractivity (Wildman–Crippen MR) is 64.8 cm³/mol. The van der Waals surface area contributed by atoms with Crippen molar-refractivity contribution in [1.29, 1.82) is 0 Å². The van der Waals surface area contributed by atoms with Gasteiger partial charge in [0.25, 0.3) is 0 Å². The molecule has 1 rings (SSSR count). The monoisotopic (exact) mass is 262 g/mol. The fourth-order valence-corrected chi connectivity index (χ4v) is 1.76. The van der Waals surface area contributed by atoms with Gasteiger partial charge in [-0.1, -0.05) is 44.0 Å². The molecule has 0 radical (unpaired) electrons. The van der Waals surface area contributed by atoms with E-state index in [9.17, 15) is 9.18 Å². The van der Waals surface area contributed by atoms with Crippen molar-refractivity contribution in [3.05, 3.63) is 33.6 Å². The minimum absolute atomic E-state index is 0.154. The summed E-state index contributed by atoms with van der Waals surface area (Å²) in [6.45, 7) is 5.79. The van der Waals surface area contributed by atoms with Crippen LogP contribution in [0.3, 0.4) is 0 Å². The Kier molecular flexibility index (Phi) is 3.97. The second-order valence-electron chi connectivity index (χ2n) is 4.91. The van der Waals surface area contributed by atoms with Crippen molar-refractivity contribution in [2.24, 2.45) is 5.41 Å². The fraction of sp³-hybridized carbons (Fsp3) is 0.417. The zero-order valence-electron chi connectivity index (χ0n) is 9.40. The summed E-state index contributed by atoms with van der Waals surface area (Å²) in [4.78, 5) is 11.9. The molecule has 0 atom stereocenters. The van der Waals surface area contributed by atoms with Crippen molar-refractivity contribution in [2.45, 2.75) is 27.2 Å². The molecule has 0 aromatic heterocycles. The van der Waals surface area contributed by atoms with Gasteiger partial charge in [-0.25, -0.2) is 4.39 Å². The lowest BCUT2D eigenvalue weighted by atomic mass is 9.88. The summed E-state index contributed by atoms with van der Waals surface area (Å²) < 4.78 is 13.3. The van der Waals surface area contributed by atoms with Crippen LogP contribution in [0, 0.1) is 11.2 Å². The lowest BCUT2D eigenvalue weighted by Crippen LogP contribution is -2.13. The smallest absolute Gasteiger partial charge is 0.165 e. The molecule has 1 aromatic carbocycles. The van der Waals surface area contributed by atoms with Crippen molar-refractivity contribution in [2.75, 3.05) is 0 Å². The van der Waals surface area contributed by atoms with E-state index in [2.05, 4.69) is 0 Å².